The zero-order valence-corrected chi connectivity index (χ0v) is 36.3. The SMILES string of the molecule is CC(C)[C@H](NC(=O)[C@H](C)NC(=O)OC(C)(C)C)C(=O)NCC(=O)NCCCNC(N)=[NH+]CCCNC(=O)CNC(=O)[C@@H](NC(=O)[C@H](C)NC(=O)OC(C)(C)C)C(C)C. The molecule has 8 amide bonds. The van der Waals surface area contributed by atoms with Crippen LogP contribution in [0, 0.1) is 11.8 Å². The summed E-state index contributed by atoms with van der Waals surface area (Å²) in [5, 5.41) is 23.4. The molecule has 4 atom stereocenters. The number of nitrogens with one attached hydrogen (secondary N) is 10. The first-order chi connectivity index (χ1) is 26.7. The third-order valence-corrected chi connectivity index (χ3v) is 7.58. The summed E-state index contributed by atoms with van der Waals surface area (Å²) < 4.78 is 10.3. The van der Waals surface area contributed by atoms with Crippen LogP contribution in [0.5, 0.6) is 0 Å². The molecule has 0 aliphatic rings. The Hall–Kier alpha value is -5.37. The van der Waals surface area contributed by atoms with Crippen LogP contribution in [0.4, 0.5) is 9.59 Å². The van der Waals surface area contributed by atoms with E-state index < -0.39 is 83.0 Å². The van der Waals surface area contributed by atoms with Gasteiger partial charge in [0, 0.05) is 13.1 Å². The van der Waals surface area contributed by atoms with Crippen molar-refractivity contribution < 1.29 is 52.8 Å². The number of nitrogens with two attached hydrogens (primary N) is 1. The second kappa shape index (κ2) is 25.8. The highest BCUT2D eigenvalue weighted by atomic mass is 16.6. The van der Waals surface area contributed by atoms with Crippen molar-refractivity contribution in [2.24, 2.45) is 17.6 Å². The Kier molecular flexibility index (Phi) is 23.4. The lowest BCUT2D eigenvalue weighted by Gasteiger charge is -2.25. The van der Waals surface area contributed by atoms with E-state index in [9.17, 15) is 38.4 Å². The molecule has 0 saturated carbocycles. The Morgan fingerprint density at radius 1 is 0.517 bits per heavy atom. The van der Waals surface area contributed by atoms with Crippen LogP contribution in [0.25, 0.3) is 0 Å². The third kappa shape index (κ3) is 25.0. The largest absolute Gasteiger partial charge is 0.444 e. The molecule has 0 saturated heterocycles. The highest BCUT2D eigenvalue weighted by Crippen LogP contribution is 2.09. The smallest absolute Gasteiger partial charge is 0.408 e. The summed E-state index contributed by atoms with van der Waals surface area (Å²) in [4.78, 5) is 102. The number of carbonyl (C=O) groups excluding carboxylic acids is 8. The summed E-state index contributed by atoms with van der Waals surface area (Å²) in [6.45, 7) is 20.9. The molecule has 0 aromatic heterocycles. The molecule has 332 valence electrons. The van der Waals surface area contributed by atoms with Gasteiger partial charge in [0.2, 0.25) is 35.4 Å². The number of hydrogen-bond acceptors (Lipinski definition) is 10. The minimum Gasteiger partial charge on any atom is -0.444 e. The second-order valence-corrected chi connectivity index (χ2v) is 16.3. The summed E-state index contributed by atoms with van der Waals surface area (Å²) >= 11 is 0. The van der Waals surface area contributed by atoms with E-state index in [4.69, 9.17) is 15.2 Å². The van der Waals surface area contributed by atoms with Crippen LogP contribution in [-0.2, 0) is 38.2 Å². The quantitative estimate of drug-likeness (QED) is 0.0303. The number of amides is 8. The minimum atomic E-state index is -0.967. The molecule has 21 heteroatoms. The van der Waals surface area contributed by atoms with Gasteiger partial charge in [0.05, 0.1) is 26.2 Å². The van der Waals surface area contributed by atoms with Gasteiger partial charge in [0.15, 0.2) is 0 Å². The maximum absolute atomic E-state index is 12.7. The number of guanidine groups is 1. The first kappa shape index (κ1) is 52.6. The Bertz CT molecular complexity index is 1420. The predicted octanol–water partition coefficient (Wildman–Crippen LogP) is -2.68. The monoisotopic (exact) mass is 829 g/mol. The van der Waals surface area contributed by atoms with E-state index in [1.807, 2.05) is 0 Å². The van der Waals surface area contributed by atoms with Gasteiger partial charge >= 0.3 is 18.1 Å². The number of alkyl carbamates (subject to hydrolysis) is 2. The molecule has 12 N–H and O–H groups in total. The molecule has 0 unspecified atom stereocenters. The van der Waals surface area contributed by atoms with Crippen molar-refractivity contribution in [3.05, 3.63) is 0 Å². The lowest BCUT2D eigenvalue weighted by Crippen LogP contribution is -2.79. The van der Waals surface area contributed by atoms with E-state index in [0.29, 0.717) is 45.0 Å². The van der Waals surface area contributed by atoms with Gasteiger partial charge in [0.25, 0.3) is 0 Å². The van der Waals surface area contributed by atoms with E-state index in [0.717, 1.165) is 0 Å². The van der Waals surface area contributed by atoms with Crippen LogP contribution in [-0.4, -0.2) is 128 Å². The molecule has 0 bridgehead atoms. The van der Waals surface area contributed by atoms with Crippen LogP contribution in [0.1, 0.15) is 95.9 Å². The fourth-order valence-corrected chi connectivity index (χ4v) is 4.55. The maximum Gasteiger partial charge on any atom is 0.408 e. The van der Waals surface area contributed by atoms with Gasteiger partial charge in [-0.2, -0.15) is 0 Å². The normalized spacial score (nSPS) is 13.8. The van der Waals surface area contributed by atoms with E-state index in [-0.39, 0.29) is 24.9 Å². The zero-order valence-electron chi connectivity index (χ0n) is 36.3. The van der Waals surface area contributed by atoms with Crippen molar-refractivity contribution in [2.75, 3.05) is 39.3 Å². The maximum atomic E-state index is 12.7. The fourth-order valence-electron chi connectivity index (χ4n) is 4.55. The van der Waals surface area contributed by atoms with Crippen LogP contribution in [0.3, 0.4) is 0 Å². The second-order valence-electron chi connectivity index (χ2n) is 16.3. The van der Waals surface area contributed by atoms with E-state index in [1.54, 1.807) is 69.2 Å². The van der Waals surface area contributed by atoms with E-state index in [2.05, 4.69) is 52.8 Å². The first-order valence-corrected chi connectivity index (χ1v) is 19.5. The molecule has 0 spiro atoms. The standard InChI is InChI=1S/C37H69N11O10/c1-21(2)27(47-29(51)23(5)45-34(55)57-36(7,8)9)31(53)43-19-25(49)39-15-13-17-41-33(38)42-18-14-16-40-26(50)20-44-32(54)28(22(3)4)48-30(52)24(6)46-35(56)58-37(10,11)12/h21-24,27-28H,13-20H2,1-12H3,(H,39,49)(H,40,50)(H,43,53)(H,44,54)(H,45,55)(H,46,56)(H,47,51)(H,48,52)(H3,38,41,42)/p+1/t23-,24-,27-,28-/m0/s1. The third-order valence-electron chi connectivity index (χ3n) is 7.58. The molecule has 21 nitrogen and oxygen atoms in total. The van der Waals surface area contributed by atoms with Crippen LogP contribution >= 0.6 is 0 Å². The highest BCUT2D eigenvalue weighted by molar-refractivity contribution is 5.94. The number of ether oxygens (including phenoxy) is 2. The van der Waals surface area contributed by atoms with Crippen molar-refractivity contribution in [3.63, 3.8) is 0 Å². The van der Waals surface area contributed by atoms with Gasteiger partial charge in [-0.15, -0.1) is 0 Å². The minimum absolute atomic E-state index is 0.296. The predicted molar refractivity (Wildman–Crippen MR) is 216 cm³/mol. The molecule has 0 fully saturated rings. The molecule has 0 aliphatic heterocycles. The van der Waals surface area contributed by atoms with Gasteiger partial charge < -0.3 is 52.0 Å². The Balaban J connectivity index is 4.41. The van der Waals surface area contributed by atoms with Gasteiger partial charge in [-0.25, -0.2) is 9.59 Å². The number of rotatable bonds is 22. The zero-order chi connectivity index (χ0) is 44.8. The molecular weight excluding hydrogens is 758 g/mol. The Morgan fingerprint density at radius 2 is 0.879 bits per heavy atom. The number of carbonyl (C=O) groups is 8. The van der Waals surface area contributed by atoms with E-state index in [1.165, 1.54) is 13.8 Å². The van der Waals surface area contributed by atoms with Crippen LogP contribution in [0.15, 0.2) is 0 Å². The molecule has 0 aliphatic carbocycles. The lowest BCUT2D eigenvalue weighted by molar-refractivity contribution is -0.460. The van der Waals surface area contributed by atoms with E-state index >= 15 is 0 Å². The molecule has 0 heterocycles. The summed E-state index contributed by atoms with van der Waals surface area (Å²) in [7, 11) is 0. The first-order valence-electron chi connectivity index (χ1n) is 19.5. The summed E-state index contributed by atoms with van der Waals surface area (Å²) in [6, 6.07) is -3.82. The summed E-state index contributed by atoms with van der Waals surface area (Å²) in [5.41, 5.74) is 4.46. The molecule has 58 heavy (non-hydrogen) atoms. The fraction of sp³-hybridized carbons (Fsp3) is 0.757. The van der Waals surface area contributed by atoms with Crippen molar-refractivity contribution in [3.8, 4) is 0 Å². The molecule has 0 radical (unpaired) electrons. The van der Waals surface area contributed by atoms with Crippen molar-refractivity contribution in [2.45, 2.75) is 131 Å². The summed E-state index contributed by atoms with van der Waals surface area (Å²) in [6.07, 6.45) is -0.505. The topological polar surface area (TPSA) is 303 Å². The van der Waals surface area contributed by atoms with Gasteiger partial charge in [-0.3, -0.25) is 44.8 Å². The van der Waals surface area contributed by atoms with Gasteiger partial charge in [-0.05, 0) is 80.1 Å². The van der Waals surface area contributed by atoms with Gasteiger partial charge in [-0.1, -0.05) is 27.7 Å². The highest BCUT2D eigenvalue weighted by Gasteiger charge is 2.29. The molecule has 0 aromatic rings. The van der Waals surface area contributed by atoms with Crippen molar-refractivity contribution in [1.82, 2.24) is 47.9 Å². The average Bonchev–Trinajstić information content (AvgIpc) is 3.08. The Morgan fingerprint density at radius 3 is 1.24 bits per heavy atom. The van der Waals surface area contributed by atoms with Crippen LogP contribution < -0.4 is 58.6 Å². The average molecular weight is 829 g/mol. The Labute approximate surface area is 342 Å². The van der Waals surface area contributed by atoms with Crippen molar-refractivity contribution in [1.29, 1.82) is 0 Å². The van der Waals surface area contributed by atoms with Gasteiger partial charge in [0.1, 0.15) is 35.4 Å². The molecular formula is C37H70N11O10+. The number of hydrogen-bond donors (Lipinski definition) is 11. The van der Waals surface area contributed by atoms with Crippen LogP contribution in [0.2, 0.25) is 0 Å². The molecule has 0 aromatic carbocycles. The summed E-state index contributed by atoms with van der Waals surface area (Å²) in [5.74, 6) is -3.44. The van der Waals surface area contributed by atoms with Crippen molar-refractivity contribution >= 4 is 53.6 Å². The lowest BCUT2D eigenvalue weighted by atomic mass is 10.0. The molecule has 0 rings (SSSR count).